The Balaban J connectivity index is 1.96. The molecule has 0 aliphatic carbocycles. The minimum absolute atomic E-state index is 0.0467. The molecule has 0 spiro atoms. The number of non-ortho nitro benzene ring substituents is 1. The molecule has 0 amide bonds. The molecule has 0 aliphatic heterocycles. The number of thiocarbonyl (C=S) groups is 1. The van der Waals surface area contributed by atoms with Gasteiger partial charge in [0.1, 0.15) is 0 Å². The van der Waals surface area contributed by atoms with Crippen molar-refractivity contribution in [3.63, 3.8) is 0 Å². The van der Waals surface area contributed by atoms with Crippen LogP contribution in [0, 0.1) is 13.7 Å². The van der Waals surface area contributed by atoms with Crippen molar-refractivity contribution in [2.45, 2.75) is 6.92 Å². The Morgan fingerprint density at radius 3 is 2.35 bits per heavy atom. The van der Waals surface area contributed by atoms with Crippen LogP contribution in [-0.2, 0) is 0 Å². The predicted molar refractivity (Wildman–Crippen MR) is 104 cm³/mol. The minimum Gasteiger partial charge on any atom is -0.331 e. The van der Waals surface area contributed by atoms with Gasteiger partial charge >= 0.3 is 0 Å². The van der Waals surface area contributed by atoms with E-state index in [-0.39, 0.29) is 5.69 Å². The average molecular weight is 440 g/mol. The second kappa shape index (κ2) is 7.97. The van der Waals surface area contributed by atoms with E-state index in [9.17, 15) is 10.1 Å². The van der Waals surface area contributed by atoms with E-state index in [1.54, 1.807) is 19.1 Å². The molecule has 118 valence electrons. The van der Waals surface area contributed by atoms with E-state index in [1.807, 2.05) is 24.3 Å². The maximum atomic E-state index is 10.6. The summed E-state index contributed by atoms with van der Waals surface area (Å²) in [7, 11) is 0. The Morgan fingerprint density at radius 2 is 1.78 bits per heavy atom. The van der Waals surface area contributed by atoms with Gasteiger partial charge in [0.15, 0.2) is 5.11 Å². The SMILES string of the molecule is C/C(=N\NC(=S)Nc1ccc(I)cc1)c1ccc([N+](=O)[O-])cc1. The number of hydrogen-bond donors (Lipinski definition) is 2. The third-order valence-corrected chi connectivity index (χ3v) is 3.84. The first-order valence-corrected chi connectivity index (χ1v) is 8.06. The van der Waals surface area contributed by atoms with Gasteiger partial charge < -0.3 is 5.32 Å². The van der Waals surface area contributed by atoms with Crippen molar-refractivity contribution < 1.29 is 4.92 Å². The van der Waals surface area contributed by atoms with Crippen LogP contribution >= 0.6 is 34.8 Å². The van der Waals surface area contributed by atoms with Crippen LogP contribution in [0.25, 0.3) is 0 Å². The van der Waals surface area contributed by atoms with Crippen molar-refractivity contribution in [1.82, 2.24) is 5.43 Å². The topological polar surface area (TPSA) is 79.6 Å². The first-order valence-electron chi connectivity index (χ1n) is 6.57. The highest BCUT2D eigenvalue weighted by Gasteiger charge is 2.05. The minimum atomic E-state index is -0.436. The fourth-order valence-electron chi connectivity index (χ4n) is 1.72. The van der Waals surface area contributed by atoms with Crippen LogP contribution in [0.15, 0.2) is 53.6 Å². The second-order valence-corrected chi connectivity index (χ2v) is 6.23. The molecular formula is C15H13IN4O2S. The van der Waals surface area contributed by atoms with Gasteiger partial charge in [0.2, 0.25) is 0 Å². The van der Waals surface area contributed by atoms with Crippen molar-refractivity contribution in [2.24, 2.45) is 5.10 Å². The number of hydrogen-bond acceptors (Lipinski definition) is 4. The van der Waals surface area contributed by atoms with Crippen LogP contribution in [-0.4, -0.2) is 15.7 Å². The number of nitrogens with one attached hydrogen (secondary N) is 2. The summed E-state index contributed by atoms with van der Waals surface area (Å²) < 4.78 is 1.14. The number of nitro groups is 1. The number of benzene rings is 2. The van der Waals surface area contributed by atoms with Gasteiger partial charge in [0.05, 0.1) is 10.6 Å². The zero-order chi connectivity index (χ0) is 16.8. The van der Waals surface area contributed by atoms with Crippen LogP contribution in [0.4, 0.5) is 11.4 Å². The molecule has 2 N–H and O–H groups in total. The highest BCUT2D eigenvalue weighted by atomic mass is 127. The molecule has 23 heavy (non-hydrogen) atoms. The van der Waals surface area contributed by atoms with Crippen molar-refractivity contribution in [3.8, 4) is 0 Å². The summed E-state index contributed by atoms with van der Waals surface area (Å²) >= 11 is 7.40. The standard InChI is InChI=1S/C15H13IN4O2S/c1-10(11-2-8-14(9-3-11)20(21)22)18-19-15(23)17-13-6-4-12(16)5-7-13/h2-9H,1H3,(H2,17,19,23)/b18-10+. The molecule has 8 heteroatoms. The molecule has 0 fully saturated rings. The summed E-state index contributed by atoms with van der Waals surface area (Å²) in [5.74, 6) is 0. The first kappa shape index (κ1) is 17.3. The van der Waals surface area contributed by atoms with E-state index in [4.69, 9.17) is 12.2 Å². The fourth-order valence-corrected chi connectivity index (χ4v) is 2.24. The first-order chi connectivity index (χ1) is 11.0. The van der Waals surface area contributed by atoms with Crippen LogP contribution in [0.1, 0.15) is 12.5 Å². The Hall–Kier alpha value is -2.07. The smallest absolute Gasteiger partial charge is 0.269 e. The highest BCUT2D eigenvalue weighted by Crippen LogP contribution is 2.13. The van der Waals surface area contributed by atoms with E-state index < -0.39 is 4.92 Å². The van der Waals surface area contributed by atoms with E-state index >= 15 is 0 Å². The van der Waals surface area contributed by atoms with Gasteiger partial charge in [-0.1, -0.05) is 0 Å². The zero-order valence-corrected chi connectivity index (χ0v) is 15.1. The fraction of sp³-hybridized carbons (Fsp3) is 0.0667. The van der Waals surface area contributed by atoms with Crippen LogP contribution in [0.2, 0.25) is 0 Å². The van der Waals surface area contributed by atoms with Crippen molar-refractivity contribution >= 4 is 57.0 Å². The molecule has 6 nitrogen and oxygen atoms in total. The van der Waals surface area contributed by atoms with Gasteiger partial charge in [-0.3, -0.25) is 15.5 Å². The lowest BCUT2D eigenvalue weighted by molar-refractivity contribution is -0.384. The summed E-state index contributed by atoms with van der Waals surface area (Å²) in [5, 5.41) is 18.2. The normalized spacial score (nSPS) is 11.0. The summed E-state index contributed by atoms with van der Waals surface area (Å²) in [4.78, 5) is 10.2. The lowest BCUT2D eigenvalue weighted by Gasteiger charge is -2.08. The van der Waals surface area contributed by atoms with Gasteiger partial charge in [-0.05, 0) is 83.7 Å². The molecule has 0 bridgehead atoms. The van der Waals surface area contributed by atoms with Gasteiger partial charge in [0, 0.05) is 21.4 Å². The van der Waals surface area contributed by atoms with Gasteiger partial charge in [0.25, 0.3) is 5.69 Å². The van der Waals surface area contributed by atoms with Gasteiger partial charge in [-0.2, -0.15) is 5.10 Å². The molecule has 0 aliphatic rings. The third kappa shape index (κ3) is 5.25. The molecule has 0 saturated carbocycles. The molecule has 0 atom stereocenters. The molecule has 0 radical (unpaired) electrons. The maximum Gasteiger partial charge on any atom is 0.269 e. The Kier molecular flexibility index (Phi) is 5.99. The zero-order valence-electron chi connectivity index (χ0n) is 12.1. The maximum absolute atomic E-state index is 10.6. The molecule has 2 rings (SSSR count). The van der Waals surface area contributed by atoms with E-state index in [1.165, 1.54) is 12.1 Å². The summed E-state index contributed by atoms with van der Waals surface area (Å²) in [6.45, 7) is 1.79. The molecule has 0 aromatic heterocycles. The Morgan fingerprint density at radius 1 is 1.17 bits per heavy atom. The molecule has 0 unspecified atom stereocenters. The number of hydrazone groups is 1. The number of anilines is 1. The average Bonchev–Trinajstić information content (AvgIpc) is 2.55. The van der Waals surface area contributed by atoms with Crippen molar-refractivity contribution in [1.29, 1.82) is 0 Å². The van der Waals surface area contributed by atoms with Gasteiger partial charge in [-0.25, -0.2) is 0 Å². The van der Waals surface area contributed by atoms with Crippen LogP contribution in [0.5, 0.6) is 0 Å². The molecule has 2 aromatic rings. The lowest BCUT2D eigenvalue weighted by Crippen LogP contribution is -2.24. The summed E-state index contributed by atoms with van der Waals surface area (Å²) in [5.41, 5.74) is 5.12. The highest BCUT2D eigenvalue weighted by molar-refractivity contribution is 14.1. The number of nitrogens with zero attached hydrogens (tertiary/aromatic N) is 2. The van der Waals surface area contributed by atoms with E-state index in [0.717, 1.165) is 14.8 Å². The van der Waals surface area contributed by atoms with E-state index in [2.05, 4.69) is 38.4 Å². The summed E-state index contributed by atoms with van der Waals surface area (Å²) in [6.07, 6.45) is 0. The molecule has 2 aromatic carbocycles. The Labute approximate surface area is 152 Å². The molecular weight excluding hydrogens is 427 g/mol. The van der Waals surface area contributed by atoms with Gasteiger partial charge in [-0.15, -0.1) is 0 Å². The molecule has 0 heterocycles. The van der Waals surface area contributed by atoms with Crippen LogP contribution < -0.4 is 10.7 Å². The van der Waals surface area contributed by atoms with E-state index in [0.29, 0.717) is 10.8 Å². The van der Waals surface area contributed by atoms with Crippen molar-refractivity contribution in [2.75, 3.05) is 5.32 Å². The Bertz CT molecular complexity index is 745. The van der Waals surface area contributed by atoms with Crippen LogP contribution in [0.3, 0.4) is 0 Å². The third-order valence-electron chi connectivity index (χ3n) is 2.92. The second-order valence-electron chi connectivity index (χ2n) is 4.57. The predicted octanol–water partition coefficient (Wildman–Crippen LogP) is 3.91. The van der Waals surface area contributed by atoms with Crippen molar-refractivity contribution in [3.05, 3.63) is 67.8 Å². The quantitative estimate of drug-likeness (QED) is 0.248. The summed E-state index contributed by atoms with van der Waals surface area (Å²) in [6, 6.07) is 14.0. The number of nitro benzene ring substituents is 1. The monoisotopic (exact) mass is 440 g/mol. The molecule has 0 saturated heterocycles. The largest absolute Gasteiger partial charge is 0.331 e. The number of halogens is 1. The number of rotatable bonds is 4. The lowest BCUT2D eigenvalue weighted by atomic mass is 10.1.